The molecule has 6 nitrogen and oxygen atoms in total. The van der Waals surface area contributed by atoms with Crippen LogP contribution in [0.1, 0.15) is 22.8 Å². The number of nitrogens with zero attached hydrogens (tertiary/aromatic N) is 2. The van der Waals surface area contributed by atoms with Crippen LogP contribution in [0.2, 0.25) is 0 Å². The minimum Gasteiger partial charge on any atom is -0.477 e. The highest BCUT2D eigenvalue weighted by Gasteiger charge is 2.23. The van der Waals surface area contributed by atoms with Gasteiger partial charge in [0.25, 0.3) is 0 Å². The molecule has 1 aliphatic rings. The second-order valence-electron chi connectivity index (χ2n) is 5.93. The van der Waals surface area contributed by atoms with Gasteiger partial charge in [-0.3, -0.25) is 4.79 Å². The number of carboxylic acid groups (broad SMARTS) is 1. The Labute approximate surface area is 138 Å². The van der Waals surface area contributed by atoms with E-state index in [1.807, 2.05) is 11.8 Å². The number of nitrogens with one attached hydrogen (secondary N) is 1. The van der Waals surface area contributed by atoms with Crippen LogP contribution in [-0.4, -0.2) is 41.8 Å². The summed E-state index contributed by atoms with van der Waals surface area (Å²) < 4.78 is 16.5. The average molecular weight is 333 g/mol. The highest BCUT2D eigenvalue weighted by atomic mass is 19.1. The molecule has 2 N–H and O–H groups in total. The average Bonchev–Trinajstić information content (AvgIpc) is 2.56. The number of hydrogen-bond donors (Lipinski definition) is 2. The minimum atomic E-state index is -1.30. The van der Waals surface area contributed by atoms with Gasteiger partial charge in [-0.1, -0.05) is 0 Å². The van der Waals surface area contributed by atoms with Crippen molar-refractivity contribution in [3.05, 3.63) is 39.4 Å². The van der Waals surface area contributed by atoms with E-state index in [-0.39, 0.29) is 10.9 Å². The first-order chi connectivity index (χ1) is 11.5. The molecule has 0 saturated carbocycles. The van der Waals surface area contributed by atoms with Crippen LogP contribution in [0.15, 0.2) is 17.1 Å². The first kappa shape index (κ1) is 16.4. The van der Waals surface area contributed by atoms with Crippen molar-refractivity contribution in [2.75, 3.05) is 31.1 Å². The predicted octanol–water partition coefficient (Wildman–Crippen LogP) is 1.58. The lowest BCUT2D eigenvalue weighted by atomic mass is 10.0. The van der Waals surface area contributed by atoms with Crippen molar-refractivity contribution >= 4 is 22.6 Å². The zero-order valence-corrected chi connectivity index (χ0v) is 13.7. The highest BCUT2D eigenvalue weighted by Crippen LogP contribution is 2.31. The second-order valence-corrected chi connectivity index (χ2v) is 5.93. The normalized spacial score (nSPS) is 15.0. The van der Waals surface area contributed by atoms with Crippen molar-refractivity contribution in [3.8, 4) is 0 Å². The van der Waals surface area contributed by atoms with Crippen molar-refractivity contribution in [3.63, 3.8) is 0 Å². The number of piperazine rings is 1. The van der Waals surface area contributed by atoms with Gasteiger partial charge < -0.3 is 19.9 Å². The summed E-state index contributed by atoms with van der Waals surface area (Å²) in [5, 5.41) is 12.6. The molecule has 1 aliphatic heterocycles. The summed E-state index contributed by atoms with van der Waals surface area (Å²) >= 11 is 0. The molecule has 1 aromatic carbocycles. The number of rotatable bonds is 3. The molecule has 1 saturated heterocycles. The molecule has 0 aliphatic carbocycles. The summed E-state index contributed by atoms with van der Waals surface area (Å²) in [6.45, 7) is 7.06. The lowest BCUT2D eigenvalue weighted by Gasteiger charge is -2.31. The third-order valence-corrected chi connectivity index (χ3v) is 4.53. The molecule has 128 valence electrons. The van der Waals surface area contributed by atoms with Crippen LogP contribution in [0, 0.1) is 12.7 Å². The van der Waals surface area contributed by atoms with E-state index in [9.17, 15) is 19.1 Å². The summed E-state index contributed by atoms with van der Waals surface area (Å²) in [5.41, 5.74) is 0.785. The van der Waals surface area contributed by atoms with Crippen LogP contribution in [0.25, 0.3) is 10.9 Å². The summed E-state index contributed by atoms with van der Waals surface area (Å²) in [5.74, 6) is -1.78. The third kappa shape index (κ3) is 2.54. The van der Waals surface area contributed by atoms with E-state index < -0.39 is 17.2 Å². The van der Waals surface area contributed by atoms with Crippen LogP contribution in [0.5, 0.6) is 0 Å². The van der Waals surface area contributed by atoms with Gasteiger partial charge in [0.05, 0.1) is 11.2 Å². The maximum Gasteiger partial charge on any atom is 0.341 e. The fourth-order valence-corrected chi connectivity index (χ4v) is 3.40. The van der Waals surface area contributed by atoms with Crippen LogP contribution in [0.3, 0.4) is 0 Å². The molecular weight excluding hydrogens is 313 g/mol. The lowest BCUT2D eigenvalue weighted by molar-refractivity contribution is 0.0695. The number of aryl methyl sites for hydroxylation is 2. The topological polar surface area (TPSA) is 74.6 Å². The zero-order valence-electron chi connectivity index (χ0n) is 13.7. The van der Waals surface area contributed by atoms with Crippen molar-refractivity contribution in [2.45, 2.75) is 20.4 Å². The number of fused-ring (bicyclic) bond motifs is 1. The first-order valence-electron chi connectivity index (χ1n) is 8.01. The predicted molar refractivity (Wildman–Crippen MR) is 90.6 cm³/mol. The molecule has 0 bridgehead atoms. The Morgan fingerprint density at radius 3 is 2.62 bits per heavy atom. The van der Waals surface area contributed by atoms with Gasteiger partial charge in [0, 0.05) is 44.3 Å². The van der Waals surface area contributed by atoms with Crippen LogP contribution in [-0.2, 0) is 6.54 Å². The lowest BCUT2D eigenvalue weighted by Crippen LogP contribution is -2.44. The van der Waals surface area contributed by atoms with E-state index in [1.54, 1.807) is 11.5 Å². The highest BCUT2D eigenvalue weighted by molar-refractivity contribution is 5.95. The Morgan fingerprint density at radius 1 is 1.38 bits per heavy atom. The molecule has 0 radical (unpaired) electrons. The Balaban J connectivity index is 2.34. The summed E-state index contributed by atoms with van der Waals surface area (Å²) in [6, 6.07) is 1.18. The molecule has 7 heteroatoms. The van der Waals surface area contributed by atoms with Crippen LogP contribution >= 0.6 is 0 Å². The molecule has 1 aromatic heterocycles. The second kappa shape index (κ2) is 6.24. The number of hydrogen-bond acceptors (Lipinski definition) is 4. The Morgan fingerprint density at radius 2 is 2.04 bits per heavy atom. The van der Waals surface area contributed by atoms with Gasteiger partial charge in [-0.25, -0.2) is 9.18 Å². The van der Waals surface area contributed by atoms with Gasteiger partial charge >= 0.3 is 5.97 Å². The molecular formula is C17H20FN3O3. The Bertz CT molecular complexity index is 870. The Hall–Kier alpha value is -2.41. The number of carbonyl (C=O) groups is 1. The van der Waals surface area contributed by atoms with Crippen molar-refractivity contribution in [1.29, 1.82) is 0 Å². The molecule has 0 atom stereocenters. The number of halogens is 1. The van der Waals surface area contributed by atoms with Gasteiger partial charge in [-0.05, 0) is 25.5 Å². The van der Waals surface area contributed by atoms with Gasteiger partial charge in [0.15, 0.2) is 0 Å². The van der Waals surface area contributed by atoms with Gasteiger partial charge in [0.1, 0.15) is 11.4 Å². The van der Waals surface area contributed by atoms with E-state index in [0.717, 1.165) is 13.1 Å². The number of aromatic carboxylic acids is 1. The molecule has 0 unspecified atom stereocenters. The quantitative estimate of drug-likeness (QED) is 0.892. The van der Waals surface area contributed by atoms with Crippen molar-refractivity contribution in [2.24, 2.45) is 0 Å². The SMILES string of the molecule is CCn1cc(C(=O)O)c(=O)c2cc(F)c(N3CCNCC3)c(C)c21. The van der Waals surface area contributed by atoms with E-state index in [1.165, 1.54) is 12.3 Å². The van der Waals surface area contributed by atoms with Gasteiger partial charge in [-0.2, -0.15) is 0 Å². The van der Waals surface area contributed by atoms with Crippen LogP contribution < -0.4 is 15.6 Å². The fraction of sp³-hybridized carbons (Fsp3) is 0.412. The monoisotopic (exact) mass is 333 g/mol. The fourth-order valence-electron chi connectivity index (χ4n) is 3.40. The molecule has 2 aromatic rings. The Kier molecular flexibility index (Phi) is 4.28. The van der Waals surface area contributed by atoms with Crippen molar-refractivity contribution in [1.82, 2.24) is 9.88 Å². The molecule has 2 heterocycles. The number of anilines is 1. The van der Waals surface area contributed by atoms with E-state index in [4.69, 9.17) is 0 Å². The summed E-state index contributed by atoms with van der Waals surface area (Å²) in [7, 11) is 0. The summed E-state index contributed by atoms with van der Waals surface area (Å²) in [4.78, 5) is 25.7. The largest absolute Gasteiger partial charge is 0.477 e. The van der Waals surface area contributed by atoms with E-state index in [0.29, 0.717) is 36.4 Å². The maximum absolute atomic E-state index is 14.8. The number of carboxylic acids is 1. The van der Waals surface area contributed by atoms with Crippen LogP contribution in [0.4, 0.5) is 10.1 Å². The molecule has 0 amide bonds. The van der Waals surface area contributed by atoms with Gasteiger partial charge in [-0.15, -0.1) is 0 Å². The molecule has 1 fully saturated rings. The molecule has 0 spiro atoms. The molecule has 24 heavy (non-hydrogen) atoms. The first-order valence-corrected chi connectivity index (χ1v) is 8.01. The zero-order chi connectivity index (χ0) is 17.4. The van der Waals surface area contributed by atoms with Crippen molar-refractivity contribution < 1.29 is 14.3 Å². The maximum atomic E-state index is 14.8. The van der Waals surface area contributed by atoms with E-state index >= 15 is 0 Å². The number of aromatic nitrogens is 1. The third-order valence-electron chi connectivity index (χ3n) is 4.53. The van der Waals surface area contributed by atoms with E-state index in [2.05, 4.69) is 5.32 Å². The minimum absolute atomic E-state index is 0.116. The molecule has 3 rings (SSSR count). The number of benzene rings is 1. The van der Waals surface area contributed by atoms with Gasteiger partial charge in [0.2, 0.25) is 5.43 Å². The smallest absolute Gasteiger partial charge is 0.341 e. The summed E-state index contributed by atoms with van der Waals surface area (Å²) in [6.07, 6.45) is 1.35. The number of pyridine rings is 1. The standard InChI is InChI=1S/C17H20FN3O3/c1-3-20-9-12(17(23)24)16(22)11-8-13(18)15(10(2)14(11)20)21-6-4-19-5-7-21/h8-9,19H,3-7H2,1-2H3,(H,23,24).